The first kappa shape index (κ1) is 11.0. The van der Waals surface area contributed by atoms with E-state index in [1.807, 2.05) is 0 Å². The minimum atomic E-state index is -0.239. The molecular formula is C9H11BrN2O2. The number of nitrogens with one attached hydrogen (secondary N) is 1. The first-order chi connectivity index (χ1) is 6.74. The van der Waals surface area contributed by atoms with Crippen LogP contribution in [0, 0.1) is 0 Å². The van der Waals surface area contributed by atoms with Crippen LogP contribution in [-0.4, -0.2) is 19.0 Å². The Labute approximate surface area is 90.3 Å². The molecule has 3 N–H and O–H groups in total. The van der Waals surface area contributed by atoms with Crippen molar-refractivity contribution >= 4 is 21.8 Å². The van der Waals surface area contributed by atoms with Gasteiger partial charge in [-0.2, -0.15) is 0 Å². The van der Waals surface area contributed by atoms with Crippen LogP contribution in [0.15, 0.2) is 33.4 Å². The van der Waals surface area contributed by atoms with Gasteiger partial charge in [0.15, 0.2) is 10.4 Å². The third kappa shape index (κ3) is 3.35. The lowest BCUT2D eigenvalue weighted by molar-refractivity contribution is 0.0929. The van der Waals surface area contributed by atoms with E-state index in [9.17, 15) is 4.79 Å². The molecule has 0 atom stereocenters. The van der Waals surface area contributed by atoms with E-state index in [-0.39, 0.29) is 11.7 Å². The van der Waals surface area contributed by atoms with Crippen molar-refractivity contribution in [3.63, 3.8) is 0 Å². The number of hydrogen-bond acceptors (Lipinski definition) is 3. The summed E-state index contributed by atoms with van der Waals surface area (Å²) < 4.78 is 5.60. The van der Waals surface area contributed by atoms with Crippen molar-refractivity contribution in [3.05, 3.63) is 34.7 Å². The van der Waals surface area contributed by atoms with Crippen LogP contribution in [0.4, 0.5) is 0 Å². The number of carbonyl (C=O) groups excluding carboxylic acids is 1. The summed E-state index contributed by atoms with van der Waals surface area (Å²) in [7, 11) is 0. The quantitative estimate of drug-likeness (QED) is 0.800. The Morgan fingerprint density at radius 1 is 1.57 bits per heavy atom. The van der Waals surface area contributed by atoms with Gasteiger partial charge in [-0.25, -0.2) is 0 Å². The summed E-state index contributed by atoms with van der Waals surface area (Å²) in [4.78, 5) is 11.3. The highest BCUT2D eigenvalue weighted by atomic mass is 79.9. The number of carbonyl (C=O) groups is 1. The molecule has 0 saturated heterocycles. The molecule has 1 rings (SSSR count). The highest BCUT2D eigenvalue weighted by molar-refractivity contribution is 9.10. The molecule has 0 aliphatic carbocycles. The number of amides is 1. The monoisotopic (exact) mass is 258 g/mol. The van der Waals surface area contributed by atoms with Gasteiger partial charge >= 0.3 is 0 Å². The molecule has 0 spiro atoms. The second-order valence-electron chi connectivity index (χ2n) is 2.52. The summed E-state index contributed by atoms with van der Waals surface area (Å²) >= 11 is 3.12. The normalized spacial score (nSPS) is 10.7. The average molecular weight is 259 g/mol. The van der Waals surface area contributed by atoms with Crippen LogP contribution in [0.1, 0.15) is 10.6 Å². The third-order valence-electron chi connectivity index (χ3n) is 1.48. The lowest BCUT2D eigenvalue weighted by Crippen LogP contribution is -2.22. The van der Waals surface area contributed by atoms with Crippen LogP contribution < -0.4 is 11.1 Å². The van der Waals surface area contributed by atoms with E-state index >= 15 is 0 Å². The molecule has 0 aliphatic rings. The summed E-state index contributed by atoms with van der Waals surface area (Å²) in [6, 6.07) is 3.27. The molecule has 0 radical (unpaired) electrons. The summed E-state index contributed by atoms with van der Waals surface area (Å²) in [5, 5.41) is 2.65. The molecule has 0 aliphatic heterocycles. The summed E-state index contributed by atoms with van der Waals surface area (Å²) in [5.41, 5.74) is 5.24. The number of hydrogen-bond donors (Lipinski definition) is 2. The fraction of sp³-hybridized carbons (Fsp3) is 0.222. The molecule has 1 amide bonds. The minimum absolute atomic E-state index is 0.239. The minimum Gasteiger partial charge on any atom is -0.444 e. The largest absolute Gasteiger partial charge is 0.444 e. The highest BCUT2D eigenvalue weighted by Gasteiger charge is 2.07. The van der Waals surface area contributed by atoms with Gasteiger partial charge in [-0.3, -0.25) is 4.79 Å². The molecule has 14 heavy (non-hydrogen) atoms. The summed E-state index contributed by atoms with van der Waals surface area (Å²) in [6.45, 7) is 0.927. The van der Waals surface area contributed by atoms with Crippen LogP contribution >= 0.6 is 15.9 Å². The van der Waals surface area contributed by atoms with Crippen molar-refractivity contribution in [1.29, 1.82) is 0 Å². The predicted octanol–water partition coefficient (Wildman–Crippen LogP) is 1.29. The van der Waals surface area contributed by atoms with Gasteiger partial charge in [-0.15, -0.1) is 0 Å². The van der Waals surface area contributed by atoms with E-state index in [0.29, 0.717) is 17.8 Å². The van der Waals surface area contributed by atoms with E-state index in [4.69, 9.17) is 10.2 Å². The topological polar surface area (TPSA) is 68.3 Å². The molecule has 1 aromatic rings. The molecule has 76 valence electrons. The Kier molecular flexibility index (Phi) is 4.42. The van der Waals surface area contributed by atoms with Crippen LogP contribution in [-0.2, 0) is 0 Å². The van der Waals surface area contributed by atoms with Gasteiger partial charge in [0.05, 0.1) is 0 Å². The van der Waals surface area contributed by atoms with E-state index in [1.165, 1.54) is 0 Å². The van der Waals surface area contributed by atoms with E-state index in [0.717, 1.165) is 0 Å². The lowest BCUT2D eigenvalue weighted by atomic mass is 10.4. The molecule has 1 aromatic heterocycles. The molecule has 0 saturated carbocycles. The predicted molar refractivity (Wildman–Crippen MR) is 56.9 cm³/mol. The molecular weight excluding hydrogens is 248 g/mol. The Bertz CT molecular complexity index is 333. The lowest BCUT2D eigenvalue weighted by Gasteiger charge is -1.97. The average Bonchev–Trinajstić information content (AvgIpc) is 2.59. The maximum atomic E-state index is 11.3. The van der Waals surface area contributed by atoms with E-state index in [2.05, 4.69) is 21.2 Å². The standard InChI is InChI=1S/C9H11BrN2O2/c10-8-4-3-7(14-8)9(13)12-6-2-1-5-11/h1-4H,5-6,11H2,(H,12,13)/b2-1+. The maximum absolute atomic E-state index is 11.3. The van der Waals surface area contributed by atoms with E-state index < -0.39 is 0 Å². The zero-order valence-corrected chi connectivity index (χ0v) is 9.08. The summed E-state index contributed by atoms with van der Waals surface area (Å²) in [5.74, 6) is 0.0513. The fourth-order valence-electron chi connectivity index (χ4n) is 0.855. The second kappa shape index (κ2) is 5.62. The maximum Gasteiger partial charge on any atom is 0.287 e. The highest BCUT2D eigenvalue weighted by Crippen LogP contribution is 2.13. The first-order valence-corrected chi connectivity index (χ1v) is 4.92. The molecule has 0 fully saturated rings. The molecule has 1 heterocycles. The SMILES string of the molecule is NC/C=C/CNC(=O)c1ccc(Br)o1. The van der Waals surface area contributed by atoms with Gasteiger partial charge in [0.1, 0.15) is 0 Å². The third-order valence-corrected chi connectivity index (χ3v) is 1.91. The van der Waals surface area contributed by atoms with Crippen molar-refractivity contribution in [2.24, 2.45) is 5.73 Å². The molecule has 0 unspecified atom stereocenters. The van der Waals surface area contributed by atoms with E-state index in [1.54, 1.807) is 24.3 Å². The fourth-order valence-corrected chi connectivity index (χ4v) is 1.16. The number of rotatable bonds is 4. The molecule has 0 aromatic carbocycles. The number of halogens is 1. The number of furan rings is 1. The smallest absolute Gasteiger partial charge is 0.287 e. The van der Waals surface area contributed by atoms with Gasteiger partial charge in [-0.1, -0.05) is 12.2 Å². The van der Waals surface area contributed by atoms with Gasteiger partial charge in [0, 0.05) is 13.1 Å². The van der Waals surface area contributed by atoms with Crippen LogP contribution in [0.25, 0.3) is 0 Å². The van der Waals surface area contributed by atoms with Crippen molar-refractivity contribution < 1.29 is 9.21 Å². The van der Waals surface area contributed by atoms with Crippen LogP contribution in [0.2, 0.25) is 0 Å². The van der Waals surface area contributed by atoms with Crippen LogP contribution in [0.5, 0.6) is 0 Å². The van der Waals surface area contributed by atoms with Gasteiger partial charge in [0.2, 0.25) is 0 Å². The van der Waals surface area contributed by atoms with Gasteiger partial charge < -0.3 is 15.5 Å². The summed E-state index contributed by atoms with van der Waals surface area (Å²) in [6.07, 6.45) is 3.56. The molecule has 5 heteroatoms. The zero-order valence-electron chi connectivity index (χ0n) is 7.50. The van der Waals surface area contributed by atoms with Gasteiger partial charge in [0.25, 0.3) is 5.91 Å². The Morgan fingerprint density at radius 3 is 2.93 bits per heavy atom. The zero-order chi connectivity index (χ0) is 10.4. The van der Waals surface area contributed by atoms with Crippen molar-refractivity contribution in [1.82, 2.24) is 5.32 Å². The second-order valence-corrected chi connectivity index (χ2v) is 3.30. The van der Waals surface area contributed by atoms with Crippen molar-refractivity contribution in [3.8, 4) is 0 Å². The molecule has 4 nitrogen and oxygen atoms in total. The van der Waals surface area contributed by atoms with Crippen molar-refractivity contribution in [2.75, 3.05) is 13.1 Å². The Hall–Kier alpha value is -1.07. The van der Waals surface area contributed by atoms with Gasteiger partial charge in [-0.05, 0) is 28.1 Å². The van der Waals surface area contributed by atoms with Crippen LogP contribution in [0.3, 0.4) is 0 Å². The Morgan fingerprint density at radius 2 is 2.36 bits per heavy atom. The van der Waals surface area contributed by atoms with Crippen molar-refractivity contribution in [2.45, 2.75) is 0 Å². The first-order valence-electron chi connectivity index (χ1n) is 4.12. The molecule has 0 bridgehead atoms. The number of nitrogens with two attached hydrogens (primary N) is 1. The Balaban J connectivity index is 2.39.